The number of amides is 3. The third kappa shape index (κ3) is 20.8. The Kier molecular flexibility index (Phi) is 26.2. The molecule has 2 aliphatic rings. The monoisotopic (exact) mass is 1470 g/mol. The molecule has 33 heteroatoms. The van der Waals surface area contributed by atoms with Crippen LogP contribution in [0.2, 0.25) is 10.0 Å². The van der Waals surface area contributed by atoms with Crippen molar-refractivity contribution in [1.29, 1.82) is 0 Å². The highest BCUT2D eigenvalue weighted by Crippen LogP contribution is 2.38. The zero-order valence-electron chi connectivity index (χ0n) is 55.0. The summed E-state index contributed by atoms with van der Waals surface area (Å²) in [4.78, 5) is 63.4. The number of benzene rings is 4. The van der Waals surface area contributed by atoms with E-state index < -0.39 is 93.4 Å². The van der Waals surface area contributed by atoms with Gasteiger partial charge in [0.25, 0.3) is 26.0 Å². The van der Waals surface area contributed by atoms with Crippen molar-refractivity contribution in [2.75, 3.05) is 30.9 Å². The quantitative estimate of drug-likeness (QED) is 0.0417. The van der Waals surface area contributed by atoms with Crippen molar-refractivity contribution in [2.45, 2.75) is 150 Å². The Bertz CT molecular complexity index is 4330. The Morgan fingerprint density at radius 3 is 1.40 bits per heavy atom. The number of carbonyl (C=O) groups excluding carboxylic acids is 3. The molecule has 8 aromatic rings. The maximum atomic E-state index is 14.6. The number of nitrogens with two attached hydrogens (primary N) is 1. The van der Waals surface area contributed by atoms with Crippen molar-refractivity contribution in [2.24, 2.45) is 5.73 Å². The zero-order chi connectivity index (χ0) is 72.0. The molecule has 3 amide bonds. The number of ether oxygens (including phenoxy) is 2. The average molecular weight is 1470 g/mol. The number of aliphatic carboxylic acids is 1. The second-order valence-electron chi connectivity index (χ2n) is 24.5. The number of carboxylic acid groups (broad SMARTS) is 1. The van der Waals surface area contributed by atoms with Gasteiger partial charge in [-0.1, -0.05) is 96.0 Å². The molecule has 2 fully saturated rings. The first kappa shape index (κ1) is 76.9. The molecule has 0 saturated heterocycles. The third-order valence-electron chi connectivity index (χ3n) is 14.7. The summed E-state index contributed by atoms with van der Waals surface area (Å²) in [7, 11) is -8.74. The summed E-state index contributed by atoms with van der Waals surface area (Å²) in [6.07, 6.45) is 9.95. The number of fused-ring (bicyclic) bond motifs is 2. The molecule has 4 aromatic carbocycles. The summed E-state index contributed by atoms with van der Waals surface area (Å²) in [5, 5.41) is 22.5. The Hall–Kier alpha value is -8.42. The molecule has 0 aliphatic heterocycles. The van der Waals surface area contributed by atoms with Crippen LogP contribution in [0.25, 0.3) is 44.3 Å². The van der Waals surface area contributed by atoms with Crippen LogP contribution in [0, 0.1) is 0 Å². The van der Waals surface area contributed by atoms with Crippen LogP contribution in [0.4, 0.5) is 43.4 Å². The lowest BCUT2D eigenvalue weighted by Gasteiger charge is -2.31. The van der Waals surface area contributed by atoms with Gasteiger partial charge in [-0.05, 0) is 129 Å². The van der Waals surface area contributed by atoms with Crippen LogP contribution < -0.4 is 32.3 Å². The van der Waals surface area contributed by atoms with Crippen molar-refractivity contribution in [3.05, 3.63) is 144 Å². The topological polar surface area (TPSA) is 323 Å². The SMILES string of the molecule is CC(C)(C)OC(=O)NCC(F)(F)C(=O)N[C@H]1CCC[C@@H](Nc2ncc(Cl)c(-c3cn(S(=O)(=O)c4ccccc4)c4ccccc34)n2)C1.CC(C)(C)OC(=O)NCC(F)(F)C(=O)O.Cl.N[C@H]1CCC[C@@H](Nc2ncc(Cl)c(-c3cn(S(=O)(=O)c4ccccc4)c4ccccc34)n2)C1.[2H]CF. The average Bonchev–Trinajstić information content (AvgIpc) is 1.61. The van der Waals surface area contributed by atoms with E-state index in [2.05, 4.69) is 40.6 Å². The molecule has 4 heterocycles. The normalized spacial score (nSPS) is 16.7. The van der Waals surface area contributed by atoms with Gasteiger partial charge in [-0.2, -0.15) is 17.6 Å². The minimum atomic E-state index is -3.99. The van der Waals surface area contributed by atoms with Gasteiger partial charge in [-0.25, -0.2) is 59.1 Å². The molecule has 0 spiro atoms. The lowest BCUT2D eigenvalue weighted by molar-refractivity contribution is -0.163. The van der Waals surface area contributed by atoms with E-state index >= 15 is 0 Å². The van der Waals surface area contributed by atoms with Gasteiger partial charge in [0, 0.05) is 58.5 Å². The lowest BCUT2D eigenvalue weighted by Crippen LogP contribution is -2.52. The molecule has 2 aliphatic carbocycles. The van der Waals surface area contributed by atoms with E-state index in [-0.39, 0.29) is 51.3 Å². The van der Waals surface area contributed by atoms with E-state index in [4.69, 9.17) is 40.1 Å². The molecule has 23 nitrogen and oxygen atoms in total. The Labute approximate surface area is 581 Å². The van der Waals surface area contributed by atoms with E-state index in [1.54, 1.807) is 138 Å². The van der Waals surface area contributed by atoms with Gasteiger partial charge in [-0.3, -0.25) is 9.18 Å². The molecule has 8 N–H and O–H groups in total. The van der Waals surface area contributed by atoms with Crippen molar-refractivity contribution in [3.63, 3.8) is 0 Å². The van der Waals surface area contributed by atoms with Crippen LogP contribution >= 0.6 is 35.6 Å². The molecule has 4 atom stereocenters. The fraction of sp³-hybridized carbons (Fsp3) is 0.385. The van der Waals surface area contributed by atoms with E-state index in [0.29, 0.717) is 75.6 Å². The van der Waals surface area contributed by atoms with Crippen LogP contribution in [-0.2, 0) is 39.1 Å². The largest absolute Gasteiger partial charge is 0.477 e. The third-order valence-corrected chi connectivity index (χ3v) is 18.6. The number of carbonyl (C=O) groups is 4. The van der Waals surface area contributed by atoms with Crippen LogP contribution in [0.15, 0.2) is 144 Å². The Morgan fingerprint density at radius 2 is 0.990 bits per heavy atom. The fourth-order valence-electron chi connectivity index (χ4n) is 10.4. The van der Waals surface area contributed by atoms with Crippen LogP contribution in [0.3, 0.4) is 0 Å². The number of carboxylic acids is 1. The molecular formula is C65H76Cl3F5N12O11S2. The number of para-hydroxylation sites is 2. The van der Waals surface area contributed by atoms with Gasteiger partial charge >= 0.3 is 30.0 Å². The second kappa shape index (κ2) is 33.4. The number of anilines is 2. The predicted octanol–water partition coefficient (Wildman–Crippen LogP) is 12.9. The van der Waals surface area contributed by atoms with E-state index in [1.807, 2.05) is 23.5 Å². The van der Waals surface area contributed by atoms with Gasteiger partial charge in [-0.15, -0.1) is 12.4 Å². The fourth-order valence-corrected chi connectivity index (χ4v) is 13.5. The highest BCUT2D eigenvalue weighted by atomic mass is 35.5. The molecule has 98 heavy (non-hydrogen) atoms. The van der Waals surface area contributed by atoms with Crippen LogP contribution in [0.5, 0.6) is 0 Å². The number of aromatic nitrogens is 6. The highest BCUT2D eigenvalue weighted by Gasteiger charge is 2.42. The van der Waals surface area contributed by atoms with Gasteiger partial charge in [0.2, 0.25) is 11.9 Å². The minimum absolute atomic E-state index is 0. The number of alkyl carbamates (subject to hydrolysis) is 2. The molecule has 530 valence electrons. The number of halogens is 8. The number of nitrogens with zero attached hydrogens (tertiary/aromatic N) is 6. The molecule has 0 bridgehead atoms. The first-order valence-electron chi connectivity index (χ1n) is 31.0. The minimum Gasteiger partial charge on any atom is -0.477 e. The predicted molar refractivity (Wildman–Crippen MR) is 366 cm³/mol. The molecule has 0 radical (unpaired) electrons. The van der Waals surface area contributed by atoms with Crippen molar-refractivity contribution < 1.29 is 73.9 Å². The molecule has 10 rings (SSSR count). The number of rotatable bonds is 17. The van der Waals surface area contributed by atoms with Crippen molar-refractivity contribution in [3.8, 4) is 22.5 Å². The van der Waals surface area contributed by atoms with Gasteiger partial charge in [0.05, 0.1) is 76.3 Å². The molecule has 2 saturated carbocycles. The summed E-state index contributed by atoms with van der Waals surface area (Å²) < 4.78 is 136. The second-order valence-corrected chi connectivity index (χ2v) is 28.9. The summed E-state index contributed by atoms with van der Waals surface area (Å²) in [5.41, 5.74) is 7.31. The summed E-state index contributed by atoms with van der Waals surface area (Å²) in [5.74, 6) is -11.0. The van der Waals surface area contributed by atoms with Crippen LogP contribution in [0.1, 0.15) is 94.3 Å². The summed E-state index contributed by atoms with van der Waals surface area (Å²) >= 11 is 13.1. The Morgan fingerprint density at radius 1 is 0.612 bits per heavy atom. The van der Waals surface area contributed by atoms with E-state index in [9.17, 15) is 58.0 Å². The van der Waals surface area contributed by atoms with Crippen molar-refractivity contribution in [1.82, 2.24) is 43.8 Å². The molecular weight excluding hydrogens is 1390 g/mol. The molecule has 0 unspecified atom stereocenters. The van der Waals surface area contributed by atoms with E-state index in [0.717, 1.165) is 31.1 Å². The first-order chi connectivity index (χ1) is 46.0. The molecule has 4 aromatic heterocycles. The Balaban J connectivity index is 0.000000257. The summed E-state index contributed by atoms with van der Waals surface area (Å²) in [6, 6.07) is 30.3. The number of hydrogen-bond acceptors (Lipinski definition) is 17. The number of alkyl halides is 5. The van der Waals surface area contributed by atoms with Gasteiger partial charge in [0.1, 0.15) is 11.2 Å². The zero-order valence-corrected chi connectivity index (χ0v) is 57.9. The summed E-state index contributed by atoms with van der Waals surface area (Å²) in [6.45, 7) is 6.97. The smallest absolute Gasteiger partial charge is 0.407 e. The number of hydrogen-bond donors (Lipinski definition) is 7. The van der Waals surface area contributed by atoms with E-state index in [1.165, 1.54) is 32.5 Å². The standard InChI is InChI=1S/C32H35ClF2N6O5S.C24H24ClN5O2S.C8H13F2NO4.CH3F.ClH/c1-31(2,3)46-30(43)37-19-32(34,35)28(42)38-20-10-9-11-21(16-20)39-29-36-17-25(33)27(40-29)24-18-41(26-15-8-7-14-23(24)26)47(44,45)22-12-5-4-6-13-22;25-21-14-27-24(28-17-8-6-7-16(26)13-17)29-23(21)20-15-30(22-12-5-4-11-19(20)22)33(31,32)18-9-2-1-3-10-18;1-7(2,3)15-6(14)11-4-8(9,10)5(12)13;1-2;/h4-8,12-15,17-18,20-21H,9-11,16,19H2,1-3H3,(H,37,43)(H,38,42)(H,36,39,40);1-5,9-12,14-17H,6-8,13,26H2,(H,27,28,29);4H2,1-3H3,(H,11,14)(H,12,13);1H3;1H/t20-,21+;16-,17+;;;/m00.../s1/i;;;1D;. The first-order valence-corrected chi connectivity index (χ1v) is 33.9. The lowest BCUT2D eigenvalue weighted by atomic mass is 9.91. The van der Waals surface area contributed by atoms with Crippen LogP contribution in [-0.4, -0.2) is 141 Å². The van der Waals surface area contributed by atoms with Gasteiger partial charge < -0.3 is 46.9 Å². The van der Waals surface area contributed by atoms with Crippen molar-refractivity contribution >= 4 is 113 Å². The maximum absolute atomic E-state index is 14.6. The number of nitrogens with one attached hydrogen (secondary N) is 5. The van der Waals surface area contributed by atoms with Gasteiger partial charge in [0.15, 0.2) is 0 Å². The highest BCUT2D eigenvalue weighted by molar-refractivity contribution is 7.90. The maximum Gasteiger partial charge on any atom is 0.407 e.